The monoisotopic (exact) mass is 508 g/mol. The van der Waals surface area contributed by atoms with E-state index >= 15 is 0 Å². The van der Waals surface area contributed by atoms with Crippen LogP contribution in [0.4, 0.5) is 9.18 Å². The van der Waals surface area contributed by atoms with Crippen LogP contribution in [0.25, 0.3) is 0 Å². The first-order valence-electron chi connectivity index (χ1n) is 9.42. The molecule has 0 aliphatic carbocycles. The number of benzene rings is 1. The second kappa shape index (κ2) is 12.6. The Morgan fingerprint density at radius 1 is 1.36 bits per heavy atom. The molecule has 0 spiro atoms. The van der Waals surface area contributed by atoms with Gasteiger partial charge in [-0.15, -0.1) is 24.0 Å². The van der Waals surface area contributed by atoms with Crippen LogP contribution < -0.4 is 15.8 Å². The zero-order valence-corrected chi connectivity index (χ0v) is 18.7. The molecule has 1 unspecified atom stereocenters. The van der Waals surface area contributed by atoms with Gasteiger partial charge in [0, 0.05) is 19.1 Å². The number of nitrogens with zero attached hydrogens (tertiary/aromatic N) is 2. The van der Waals surface area contributed by atoms with Crippen LogP contribution in [0.15, 0.2) is 29.3 Å². The van der Waals surface area contributed by atoms with Gasteiger partial charge in [-0.1, -0.05) is 19.1 Å². The summed E-state index contributed by atoms with van der Waals surface area (Å²) in [6, 6.07) is 6.47. The highest BCUT2D eigenvalue weighted by molar-refractivity contribution is 14.0. The molecule has 28 heavy (non-hydrogen) atoms. The van der Waals surface area contributed by atoms with E-state index in [0.29, 0.717) is 38.6 Å². The van der Waals surface area contributed by atoms with E-state index in [2.05, 4.69) is 10.3 Å². The van der Waals surface area contributed by atoms with E-state index < -0.39 is 0 Å². The number of carbonyl (C=O) groups is 1. The first-order valence-corrected chi connectivity index (χ1v) is 9.42. The molecule has 1 aliphatic heterocycles. The van der Waals surface area contributed by atoms with Crippen molar-refractivity contribution in [2.45, 2.75) is 45.3 Å². The van der Waals surface area contributed by atoms with Gasteiger partial charge >= 0.3 is 6.09 Å². The third-order valence-electron chi connectivity index (χ3n) is 4.42. The summed E-state index contributed by atoms with van der Waals surface area (Å²) in [6.45, 7) is 5.71. The Bertz CT molecular complexity index is 639. The van der Waals surface area contributed by atoms with Crippen LogP contribution in [0.3, 0.4) is 0 Å². The molecule has 158 valence electrons. The van der Waals surface area contributed by atoms with E-state index in [-0.39, 0.29) is 53.8 Å². The van der Waals surface area contributed by atoms with Gasteiger partial charge in [0.05, 0.1) is 13.2 Å². The fourth-order valence-electron chi connectivity index (χ4n) is 2.85. The number of piperidine rings is 1. The van der Waals surface area contributed by atoms with Crippen LogP contribution in [0.2, 0.25) is 0 Å². The van der Waals surface area contributed by atoms with Crippen molar-refractivity contribution < 1.29 is 18.7 Å². The average molecular weight is 508 g/mol. The highest BCUT2D eigenvalue weighted by atomic mass is 127. The summed E-state index contributed by atoms with van der Waals surface area (Å²) >= 11 is 0. The summed E-state index contributed by atoms with van der Waals surface area (Å²) in [5, 5.41) is 3.18. The smallest absolute Gasteiger partial charge is 0.409 e. The molecule has 0 saturated carbocycles. The van der Waals surface area contributed by atoms with E-state index in [1.54, 1.807) is 30.0 Å². The first-order chi connectivity index (χ1) is 13.0. The van der Waals surface area contributed by atoms with Crippen molar-refractivity contribution >= 4 is 36.0 Å². The third-order valence-corrected chi connectivity index (χ3v) is 4.42. The van der Waals surface area contributed by atoms with Crippen LogP contribution in [0.5, 0.6) is 5.75 Å². The van der Waals surface area contributed by atoms with Crippen LogP contribution in [-0.2, 0) is 4.74 Å². The average Bonchev–Trinajstić information content (AvgIpc) is 2.67. The maximum atomic E-state index is 13.7. The molecule has 1 heterocycles. The molecule has 1 atom stereocenters. The van der Waals surface area contributed by atoms with E-state index in [1.807, 2.05) is 6.92 Å². The normalized spacial score (nSPS) is 16.1. The van der Waals surface area contributed by atoms with Gasteiger partial charge in [-0.25, -0.2) is 14.2 Å². The number of nitrogens with two attached hydrogens (primary N) is 1. The number of likely N-dealkylation sites (tertiary alicyclic amines) is 1. The van der Waals surface area contributed by atoms with Crippen molar-refractivity contribution in [2.24, 2.45) is 10.7 Å². The summed E-state index contributed by atoms with van der Waals surface area (Å²) in [7, 11) is 0. The molecule has 2 rings (SSSR count). The minimum atomic E-state index is -0.389. The standard InChI is InChI=1S/C19H29FN4O3.HI/c1-3-15(27-17-8-6-5-7-16(17)20)13-22-18(21)23-14-9-11-24(12-10-14)19(25)26-4-2;/h5-8,14-15H,3-4,9-13H2,1-2H3,(H3,21,22,23);1H. The van der Waals surface area contributed by atoms with Crippen LogP contribution >= 0.6 is 24.0 Å². The molecule has 3 N–H and O–H groups in total. The SMILES string of the molecule is CCOC(=O)N1CCC(NC(N)=NCC(CC)Oc2ccccc2F)CC1.I. The molecule has 0 aromatic heterocycles. The molecule has 1 saturated heterocycles. The summed E-state index contributed by atoms with van der Waals surface area (Å²) in [5.41, 5.74) is 5.98. The molecule has 0 bridgehead atoms. The molecule has 1 aromatic rings. The van der Waals surface area contributed by atoms with Gasteiger partial charge < -0.3 is 25.4 Å². The number of rotatable bonds is 7. The number of amides is 1. The number of nitrogens with one attached hydrogen (secondary N) is 1. The lowest BCUT2D eigenvalue weighted by molar-refractivity contribution is 0.0963. The number of hydrogen-bond acceptors (Lipinski definition) is 4. The Labute approximate surface area is 182 Å². The van der Waals surface area contributed by atoms with E-state index in [0.717, 1.165) is 12.8 Å². The molecular weight excluding hydrogens is 478 g/mol. The highest BCUT2D eigenvalue weighted by Crippen LogP contribution is 2.18. The van der Waals surface area contributed by atoms with E-state index in [1.165, 1.54) is 6.07 Å². The van der Waals surface area contributed by atoms with Crippen molar-refractivity contribution in [3.05, 3.63) is 30.1 Å². The topological polar surface area (TPSA) is 89.2 Å². The van der Waals surface area contributed by atoms with E-state index in [9.17, 15) is 9.18 Å². The largest absolute Gasteiger partial charge is 0.485 e. The zero-order chi connectivity index (χ0) is 19.6. The molecule has 7 nitrogen and oxygen atoms in total. The van der Waals surface area contributed by atoms with Crippen LogP contribution in [0.1, 0.15) is 33.1 Å². The van der Waals surface area contributed by atoms with Crippen molar-refractivity contribution in [2.75, 3.05) is 26.2 Å². The number of carbonyl (C=O) groups excluding carboxylic acids is 1. The fraction of sp³-hybridized carbons (Fsp3) is 0.579. The van der Waals surface area contributed by atoms with Crippen molar-refractivity contribution in [1.29, 1.82) is 0 Å². The molecule has 0 radical (unpaired) electrons. The fourth-order valence-corrected chi connectivity index (χ4v) is 2.85. The molecule has 1 aromatic carbocycles. The summed E-state index contributed by atoms with van der Waals surface area (Å²) in [5.74, 6) is 0.164. The zero-order valence-electron chi connectivity index (χ0n) is 16.4. The maximum absolute atomic E-state index is 13.7. The Balaban J connectivity index is 0.00000392. The minimum absolute atomic E-state index is 0. The predicted molar refractivity (Wildman–Crippen MR) is 118 cm³/mol. The minimum Gasteiger partial charge on any atom is -0.485 e. The Kier molecular flexibility index (Phi) is 10.9. The lowest BCUT2D eigenvalue weighted by Gasteiger charge is -2.31. The molecule has 1 amide bonds. The van der Waals surface area contributed by atoms with Crippen molar-refractivity contribution in [1.82, 2.24) is 10.2 Å². The quantitative estimate of drug-likeness (QED) is 0.336. The predicted octanol–water partition coefficient (Wildman–Crippen LogP) is 3.13. The molecule has 1 aliphatic rings. The summed E-state index contributed by atoms with van der Waals surface area (Å²) in [6.07, 6.45) is 1.71. The summed E-state index contributed by atoms with van der Waals surface area (Å²) < 4.78 is 24.4. The maximum Gasteiger partial charge on any atom is 0.409 e. The number of para-hydroxylation sites is 1. The van der Waals surface area contributed by atoms with Gasteiger partial charge in [0.15, 0.2) is 17.5 Å². The lowest BCUT2D eigenvalue weighted by Crippen LogP contribution is -2.48. The Morgan fingerprint density at radius 3 is 2.64 bits per heavy atom. The van der Waals surface area contributed by atoms with Crippen molar-refractivity contribution in [3.8, 4) is 5.75 Å². The highest BCUT2D eigenvalue weighted by Gasteiger charge is 2.23. The Hall–Kier alpha value is -1.78. The number of guanidine groups is 1. The number of ether oxygens (including phenoxy) is 2. The Morgan fingerprint density at radius 2 is 2.04 bits per heavy atom. The van der Waals surface area contributed by atoms with E-state index in [4.69, 9.17) is 15.2 Å². The molecular formula is C19H30FIN4O3. The third kappa shape index (κ3) is 7.69. The van der Waals surface area contributed by atoms with Gasteiger partial charge in [-0.3, -0.25) is 0 Å². The second-order valence-corrected chi connectivity index (χ2v) is 6.41. The first kappa shape index (κ1) is 24.3. The van der Waals surface area contributed by atoms with Gasteiger partial charge in [-0.05, 0) is 38.3 Å². The molecule has 1 fully saturated rings. The van der Waals surface area contributed by atoms with Gasteiger partial charge in [0.2, 0.25) is 0 Å². The van der Waals surface area contributed by atoms with Crippen LogP contribution in [0, 0.1) is 5.82 Å². The second-order valence-electron chi connectivity index (χ2n) is 6.41. The van der Waals surface area contributed by atoms with Crippen LogP contribution in [-0.4, -0.2) is 55.3 Å². The number of halogens is 2. The van der Waals surface area contributed by atoms with Crippen molar-refractivity contribution in [3.63, 3.8) is 0 Å². The molecule has 9 heteroatoms. The number of aliphatic imine (C=N–C) groups is 1. The van der Waals surface area contributed by atoms with Gasteiger partial charge in [0.1, 0.15) is 6.10 Å². The van der Waals surface area contributed by atoms with Gasteiger partial charge in [0.25, 0.3) is 0 Å². The lowest BCUT2D eigenvalue weighted by atomic mass is 10.1. The van der Waals surface area contributed by atoms with Gasteiger partial charge in [-0.2, -0.15) is 0 Å². The summed E-state index contributed by atoms with van der Waals surface area (Å²) in [4.78, 5) is 17.7. The number of hydrogen-bond donors (Lipinski definition) is 2.